The van der Waals surface area contributed by atoms with Gasteiger partial charge in [-0.15, -0.1) is 0 Å². The fourth-order valence-corrected chi connectivity index (χ4v) is 1.76. The molecule has 0 aliphatic carbocycles. The van der Waals surface area contributed by atoms with E-state index >= 15 is 0 Å². The van der Waals surface area contributed by atoms with Gasteiger partial charge in [0.25, 0.3) is 0 Å². The molecule has 0 aliphatic rings. The molecule has 3 heteroatoms. The van der Waals surface area contributed by atoms with Gasteiger partial charge in [-0.3, -0.25) is 0 Å². The summed E-state index contributed by atoms with van der Waals surface area (Å²) in [6.45, 7) is 9.14. The van der Waals surface area contributed by atoms with Crippen molar-refractivity contribution in [3.05, 3.63) is 24.3 Å². The minimum absolute atomic E-state index is 0.617. The molecule has 0 aromatic heterocycles. The first-order valence-corrected chi connectivity index (χ1v) is 7.85. The number of benzene rings is 1. The Morgan fingerprint density at radius 1 is 0.950 bits per heavy atom. The van der Waals surface area contributed by atoms with Gasteiger partial charge in [0.1, 0.15) is 11.5 Å². The molecule has 0 saturated heterocycles. The van der Waals surface area contributed by atoms with Crippen LogP contribution in [0.5, 0.6) is 11.5 Å². The maximum atomic E-state index is 5.72. The Labute approximate surface area is 123 Å². The van der Waals surface area contributed by atoms with E-state index < -0.39 is 0 Å². The highest BCUT2D eigenvalue weighted by Crippen LogP contribution is 2.17. The van der Waals surface area contributed by atoms with Crippen LogP contribution in [0.1, 0.15) is 46.5 Å². The zero-order valence-corrected chi connectivity index (χ0v) is 13.2. The fourth-order valence-electron chi connectivity index (χ4n) is 1.76. The molecule has 0 bridgehead atoms. The second-order valence-corrected chi connectivity index (χ2v) is 5.14. The minimum Gasteiger partial charge on any atom is -0.494 e. The van der Waals surface area contributed by atoms with E-state index in [4.69, 9.17) is 9.47 Å². The van der Waals surface area contributed by atoms with E-state index in [1.165, 1.54) is 6.42 Å². The van der Waals surface area contributed by atoms with E-state index in [1.807, 2.05) is 24.3 Å². The molecule has 3 nitrogen and oxygen atoms in total. The summed E-state index contributed by atoms with van der Waals surface area (Å²) in [4.78, 5) is 0. The van der Waals surface area contributed by atoms with Gasteiger partial charge >= 0.3 is 0 Å². The van der Waals surface area contributed by atoms with Crippen LogP contribution in [0.2, 0.25) is 0 Å². The Hall–Kier alpha value is -1.22. The van der Waals surface area contributed by atoms with Crippen molar-refractivity contribution in [3.63, 3.8) is 0 Å². The molecule has 1 aromatic carbocycles. The van der Waals surface area contributed by atoms with Crippen LogP contribution in [0, 0.1) is 0 Å². The van der Waals surface area contributed by atoms with Gasteiger partial charge in [0.2, 0.25) is 0 Å². The summed E-state index contributed by atoms with van der Waals surface area (Å²) >= 11 is 0. The second-order valence-electron chi connectivity index (χ2n) is 5.14. The molecule has 1 N–H and O–H groups in total. The molecule has 0 fully saturated rings. The lowest BCUT2D eigenvalue weighted by Gasteiger charge is -2.11. The smallest absolute Gasteiger partial charge is 0.119 e. The molecule has 0 unspecified atom stereocenters. The highest BCUT2D eigenvalue weighted by molar-refractivity contribution is 5.31. The van der Waals surface area contributed by atoms with E-state index in [0.29, 0.717) is 6.04 Å². The van der Waals surface area contributed by atoms with Gasteiger partial charge in [0, 0.05) is 6.04 Å². The second kappa shape index (κ2) is 10.6. The van der Waals surface area contributed by atoms with Crippen LogP contribution < -0.4 is 14.8 Å². The van der Waals surface area contributed by atoms with Crippen molar-refractivity contribution in [1.82, 2.24) is 5.32 Å². The van der Waals surface area contributed by atoms with Crippen LogP contribution in [-0.2, 0) is 0 Å². The van der Waals surface area contributed by atoms with Gasteiger partial charge in [-0.1, -0.05) is 13.8 Å². The third-order valence-corrected chi connectivity index (χ3v) is 3.24. The third-order valence-electron chi connectivity index (χ3n) is 3.24. The molecule has 1 atom stereocenters. The van der Waals surface area contributed by atoms with Gasteiger partial charge < -0.3 is 14.8 Å². The monoisotopic (exact) mass is 279 g/mol. The molecule has 20 heavy (non-hydrogen) atoms. The predicted molar refractivity (Wildman–Crippen MR) is 84.7 cm³/mol. The molecule has 0 radical (unpaired) electrons. The van der Waals surface area contributed by atoms with Crippen molar-refractivity contribution in [2.24, 2.45) is 0 Å². The fraction of sp³-hybridized carbons (Fsp3) is 0.647. The van der Waals surface area contributed by atoms with Crippen LogP contribution in [0.25, 0.3) is 0 Å². The van der Waals surface area contributed by atoms with E-state index in [2.05, 4.69) is 26.1 Å². The summed E-state index contributed by atoms with van der Waals surface area (Å²) in [7, 11) is 0. The topological polar surface area (TPSA) is 30.5 Å². The zero-order valence-electron chi connectivity index (χ0n) is 13.2. The lowest BCUT2D eigenvalue weighted by Crippen LogP contribution is -2.26. The average molecular weight is 279 g/mol. The first-order chi connectivity index (χ1) is 9.76. The molecular weight excluding hydrogens is 250 g/mol. The number of rotatable bonds is 11. The van der Waals surface area contributed by atoms with Crippen molar-refractivity contribution in [2.75, 3.05) is 19.8 Å². The normalized spacial score (nSPS) is 12.2. The largest absolute Gasteiger partial charge is 0.494 e. The van der Waals surface area contributed by atoms with Gasteiger partial charge in [0.05, 0.1) is 13.2 Å². The highest BCUT2D eigenvalue weighted by atomic mass is 16.5. The van der Waals surface area contributed by atoms with E-state index in [0.717, 1.165) is 50.5 Å². The Bertz CT molecular complexity index is 337. The van der Waals surface area contributed by atoms with E-state index in [-0.39, 0.29) is 0 Å². The van der Waals surface area contributed by atoms with Crippen molar-refractivity contribution < 1.29 is 9.47 Å². The van der Waals surface area contributed by atoms with E-state index in [1.54, 1.807) is 0 Å². The first kappa shape index (κ1) is 16.8. The van der Waals surface area contributed by atoms with Crippen molar-refractivity contribution in [2.45, 2.75) is 52.5 Å². The number of unbranched alkanes of at least 4 members (excludes halogenated alkanes) is 1. The average Bonchev–Trinajstić information content (AvgIpc) is 2.49. The third kappa shape index (κ3) is 7.39. The van der Waals surface area contributed by atoms with Crippen LogP contribution >= 0.6 is 0 Å². The summed E-state index contributed by atoms with van der Waals surface area (Å²) in [5.41, 5.74) is 0. The maximum absolute atomic E-state index is 5.72. The molecule has 0 saturated carbocycles. The number of nitrogens with one attached hydrogen (secondary N) is 1. The summed E-state index contributed by atoms with van der Waals surface area (Å²) in [6.07, 6.45) is 4.45. The number of hydrogen-bond acceptors (Lipinski definition) is 3. The quantitative estimate of drug-likeness (QED) is 0.621. The summed E-state index contributed by atoms with van der Waals surface area (Å²) < 4.78 is 11.3. The Morgan fingerprint density at radius 3 is 2.10 bits per heavy atom. The first-order valence-electron chi connectivity index (χ1n) is 7.85. The molecule has 0 heterocycles. The van der Waals surface area contributed by atoms with Gasteiger partial charge in [0.15, 0.2) is 0 Å². The molecule has 1 rings (SSSR count). The zero-order chi connectivity index (χ0) is 14.6. The number of hydrogen-bond donors (Lipinski definition) is 1. The molecular formula is C17H29NO2. The van der Waals surface area contributed by atoms with Crippen LogP contribution in [0.4, 0.5) is 0 Å². The van der Waals surface area contributed by atoms with Crippen molar-refractivity contribution in [3.8, 4) is 11.5 Å². The Morgan fingerprint density at radius 2 is 1.55 bits per heavy atom. The Kier molecular flexibility index (Phi) is 8.88. The van der Waals surface area contributed by atoms with Crippen LogP contribution in [-0.4, -0.2) is 25.8 Å². The molecule has 0 spiro atoms. The molecule has 0 amide bonds. The summed E-state index contributed by atoms with van der Waals surface area (Å²) in [5, 5.41) is 3.49. The van der Waals surface area contributed by atoms with Crippen LogP contribution in [0.3, 0.4) is 0 Å². The maximum Gasteiger partial charge on any atom is 0.119 e. The van der Waals surface area contributed by atoms with Gasteiger partial charge in [-0.2, -0.15) is 0 Å². The van der Waals surface area contributed by atoms with Crippen LogP contribution in [0.15, 0.2) is 24.3 Å². The Balaban J connectivity index is 2.09. The van der Waals surface area contributed by atoms with Gasteiger partial charge in [-0.25, -0.2) is 0 Å². The molecule has 1 aromatic rings. The van der Waals surface area contributed by atoms with Gasteiger partial charge in [-0.05, 0) is 63.4 Å². The standard InChI is InChI=1S/C17H29NO2/c1-4-13-19-16-8-10-17(11-9-16)20-14-7-6-12-18-15(3)5-2/h8-11,15,18H,4-7,12-14H2,1-3H3/t15-/m1/s1. The molecule has 0 aliphatic heterocycles. The van der Waals surface area contributed by atoms with Crippen molar-refractivity contribution >= 4 is 0 Å². The molecule has 114 valence electrons. The van der Waals surface area contributed by atoms with Crippen molar-refractivity contribution in [1.29, 1.82) is 0 Å². The summed E-state index contributed by atoms with van der Waals surface area (Å²) in [5.74, 6) is 1.83. The highest BCUT2D eigenvalue weighted by Gasteiger charge is 1.98. The number of ether oxygens (including phenoxy) is 2. The predicted octanol–water partition coefficient (Wildman–Crippen LogP) is 4.02. The minimum atomic E-state index is 0.617. The SMILES string of the molecule is CCCOc1ccc(OCCCCN[C@H](C)CC)cc1. The summed E-state index contributed by atoms with van der Waals surface area (Å²) in [6, 6.07) is 8.50. The van der Waals surface area contributed by atoms with E-state index in [9.17, 15) is 0 Å². The lowest BCUT2D eigenvalue weighted by atomic mass is 10.2. The lowest BCUT2D eigenvalue weighted by molar-refractivity contribution is 0.300.